The molecule has 8 nitrogen and oxygen atoms in total. The molecule has 1 aromatic heterocycles. The van der Waals surface area contributed by atoms with E-state index >= 15 is 0 Å². The summed E-state index contributed by atoms with van der Waals surface area (Å²) in [5.41, 5.74) is 3.52. The van der Waals surface area contributed by atoms with Gasteiger partial charge >= 0.3 is 5.97 Å². The second-order valence-electron chi connectivity index (χ2n) is 10.1. The maximum Gasteiger partial charge on any atom is 0.308 e. The standard InChI is InChI=1S/C28H30N4O3.C6H14O/c1-18-8-6-7-9-22(18)13-10-19(2)28(35)30-23-14-11-21(12-15-23)16-25-29-20(3)24(17-26(33)34)27(31-25)32(4)5;1-3-5-7-6-4-2/h6-15H,1,16-17H2,2-5H3,(H,30,35)(H,33,34);3-6H2,1-2H3/b19-10+,22-13-;. The molecule has 0 saturated carbocycles. The molecule has 42 heavy (non-hydrogen) atoms. The predicted molar refractivity (Wildman–Crippen MR) is 171 cm³/mol. The number of carboxylic acids is 1. The Bertz CT molecular complexity index is 1460. The van der Waals surface area contributed by atoms with E-state index in [2.05, 4.69) is 35.7 Å². The van der Waals surface area contributed by atoms with Crippen LogP contribution in [0.3, 0.4) is 0 Å². The van der Waals surface area contributed by atoms with E-state index in [1.54, 1.807) is 24.8 Å². The largest absolute Gasteiger partial charge is 0.481 e. The van der Waals surface area contributed by atoms with Gasteiger partial charge in [0.2, 0.25) is 0 Å². The number of hydrogen-bond donors (Lipinski definition) is 2. The highest BCUT2D eigenvalue weighted by Crippen LogP contribution is 2.21. The SMILES string of the molecule is C=c1cccc/c1=C/C=C(\C)C(=O)Nc1ccc(Cc2nc(C)c(CC(=O)O)c(N(C)C)n2)cc1.CCCOCCC. The zero-order chi connectivity index (χ0) is 31.1. The fraction of sp³-hybridized carbons (Fsp3) is 0.353. The molecule has 8 heteroatoms. The lowest BCUT2D eigenvalue weighted by Gasteiger charge is -2.18. The summed E-state index contributed by atoms with van der Waals surface area (Å²) in [7, 11) is 3.67. The van der Waals surface area contributed by atoms with Crippen LogP contribution in [0.4, 0.5) is 11.5 Å². The second-order valence-corrected chi connectivity index (χ2v) is 10.1. The normalized spacial score (nSPS) is 11.5. The summed E-state index contributed by atoms with van der Waals surface area (Å²) in [6.07, 6.45) is 6.30. The number of allylic oxidation sites excluding steroid dienone is 1. The highest BCUT2D eigenvalue weighted by atomic mass is 16.5. The van der Waals surface area contributed by atoms with E-state index in [4.69, 9.17) is 4.74 Å². The van der Waals surface area contributed by atoms with E-state index in [1.807, 2.05) is 68.7 Å². The molecule has 0 aliphatic rings. The van der Waals surface area contributed by atoms with Gasteiger partial charge in [-0.3, -0.25) is 9.59 Å². The summed E-state index contributed by atoms with van der Waals surface area (Å²) in [4.78, 5) is 34.7. The smallest absolute Gasteiger partial charge is 0.308 e. The van der Waals surface area contributed by atoms with Gasteiger partial charge in [0, 0.05) is 56.2 Å². The first kappa shape index (κ1) is 33.9. The van der Waals surface area contributed by atoms with Crippen molar-refractivity contribution in [3.8, 4) is 0 Å². The van der Waals surface area contributed by atoms with Crippen LogP contribution >= 0.6 is 0 Å². The minimum atomic E-state index is -0.916. The van der Waals surface area contributed by atoms with Gasteiger partial charge in [0.15, 0.2) is 0 Å². The number of anilines is 2. The number of carbonyl (C=O) groups excluding carboxylic acids is 1. The third-order valence-electron chi connectivity index (χ3n) is 6.19. The number of rotatable bonds is 12. The van der Waals surface area contributed by atoms with Gasteiger partial charge < -0.3 is 20.1 Å². The molecule has 0 radical (unpaired) electrons. The van der Waals surface area contributed by atoms with E-state index < -0.39 is 5.97 Å². The molecule has 0 spiro atoms. The Balaban J connectivity index is 0.000000782. The van der Waals surface area contributed by atoms with Crippen LogP contribution < -0.4 is 20.7 Å². The quantitative estimate of drug-likeness (QED) is 0.240. The molecule has 3 aromatic rings. The molecule has 2 aromatic carbocycles. The van der Waals surface area contributed by atoms with E-state index in [-0.39, 0.29) is 12.3 Å². The number of nitrogens with one attached hydrogen (secondary N) is 1. The number of hydrogen-bond acceptors (Lipinski definition) is 6. The van der Waals surface area contributed by atoms with Crippen molar-refractivity contribution < 1.29 is 19.4 Å². The number of aryl methyl sites for hydroxylation is 1. The molecule has 1 amide bonds. The maximum atomic E-state index is 12.6. The van der Waals surface area contributed by atoms with Crippen LogP contribution in [0.15, 0.2) is 60.2 Å². The Morgan fingerprint density at radius 2 is 1.67 bits per heavy atom. The van der Waals surface area contributed by atoms with Gasteiger partial charge in [-0.05, 0) is 54.8 Å². The number of ether oxygens (including phenoxy) is 1. The molecule has 3 rings (SSSR count). The van der Waals surface area contributed by atoms with Gasteiger partial charge in [-0.1, -0.05) is 69.0 Å². The van der Waals surface area contributed by atoms with E-state index in [9.17, 15) is 14.7 Å². The summed E-state index contributed by atoms with van der Waals surface area (Å²) in [6, 6.07) is 15.3. The Kier molecular flexibility index (Phi) is 14.1. The molecule has 224 valence electrons. The third-order valence-corrected chi connectivity index (χ3v) is 6.19. The highest BCUT2D eigenvalue weighted by molar-refractivity contribution is 6.03. The summed E-state index contributed by atoms with van der Waals surface area (Å²) in [6.45, 7) is 13.6. The average molecular weight is 573 g/mol. The van der Waals surface area contributed by atoms with E-state index in [0.717, 1.165) is 42.1 Å². The number of aliphatic carboxylic acids is 1. The molecule has 0 bridgehead atoms. The van der Waals surface area contributed by atoms with Crippen LogP contribution in [0.25, 0.3) is 12.7 Å². The monoisotopic (exact) mass is 572 g/mol. The Morgan fingerprint density at radius 1 is 1.02 bits per heavy atom. The minimum Gasteiger partial charge on any atom is -0.481 e. The lowest BCUT2D eigenvalue weighted by Crippen LogP contribution is -2.21. The molecule has 1 heterocycles. The van der Waals surface area contributed by atoms with E-state index in [1.165, 1.54) is 0 Å². The first-order valence-corrected chi connectivity index (χ1v) is 14.2. The fourth-order valence-electron chi connectivity index (χ4n) is 3.94. The zero-order valence-electron chi connectivity index (χ0n) is 25.7. The number of aromatic nitrogens is 2. The Hall–Kier alpha value is -4.30. The Morgan fingerprint density at radius 3 is 2.24 bits per heavy atom. The first-order chi connectivity index (χ1) is 20.0. The molecule has 2 N–H and O–H groups in total. The fourth-order valence-corrected chi connectivity index (χ4v) is 3.94. The van der Waals surface area contributed by atoms with Crippen molar-refractivity contribution in [2.24, 2.45) is 0 Å². The van der Waals surface area contributed by atoms with Crippen LogP contribution in [0.5, 0.6) is 0 Å². The second kappa shape index (κ2) is 17.5. The van der Waals surface area contributed by atoms with Gasteiger partial charge in [-0.15, -0.1) is 0 Å². The van der Waals surface area contributed by atoms with Crippen molar-refractivity contribution in [1.82, 2.24) is 9.97 Å². The lowest BCUT2D eigenvalue weighted by atomic mass is 10.1. The zero-order valence-corrected chi connectivity index (χ0v) is 25.7. The molecule has 0 aliphatic carbocycles. The lowest BCUT2D eigenvalue weighted by molar-refractivity contribution is -0.136. The molecular formula is C34H44N4O4. The van der Waals surface area contributed by atoms with Crippen molar-refractivity contribution in [3.05, 3.63) is 93.3 Å². The molecule has 0 unspecified atom stereocenters. The number of carbonyl (C=O) groups is 2. The number of nitrogens with zero attached hydrogens (tertiary/aromatic N) is 3. The summed E-state index contributed by atoms with van der Waals surface area (Å²) in [5.74, 6) is 0.121. The van der Waals surface area contributed by atoms with Gasteiger partial charge in [0.05, 0.1) is 6.42 Å². The van der Waals surface area contributed by atoms with Crippen molar-refractivity contribution in [3.63, 3.8) is 0 Å². The summed E-state index contributed by atoms with van der Waals surface area (Å²) < 4.78 is 5.13. The summed E-state index contributed by atoms with van der Waals surface area (Å²) in [5, 5.41) is 14.0. The maximum absolute atomic E-state index is 12.6. The van der Waals surface area contributed by atoms with Crippen LogP contribution in [0.2, 0.25) is 0 Å². The number of carboxylic acid groups (broad SMARTS) is 1. The van der Waals surface area contributed by atoms with Crippen LogP contribution in [-0.2, 0) is 27.2 Å². The predicted octanol–water partition coefficient (Wildman–Crippen LogP) is 4.67. The van der Waals surface area contributed by atoms with Crippen LogP contribution in [0.1, 0.15) is 56.3 Å². The molecular weight excluding hydrogens is 528 g/mol. The minimum absolute atomic E-state index is 0.124. The van der Waals surface area contributed by atoms with Crippen molar-refractivity contribution in [1.29, 1.82) is 0 Å². The van der Waals surface area contributed by atoms with Gasteiger partial charge in [0.1, 0.15) is 11.6 Å². The van der Waals surface area contributed by atoms with Gasteiger partial charge in [-0.25, -0.2) is 9.97 Å². The van der Waals surface area contributed by atoms with Crippen LogP contribution in [-0.4, -0.2) is 54.3 Å². The van der Waals surface area contributed by atoms with Gasteiger partial charge in [0.25, 0.3) is 5.91 Å². The number of benzene rings is 2. The van der Waals surface area contributed by atoms with Crippen LogP contribution in [0, 0.1) is 6.92 Å². The molecule has 0 aliphatic heterocycles. The topological polar surface area (TPSA) is 105 Å². The van der Waals surface area contributed by atoms with Crippen molar-refractivity contribution in [2.75, 3.05) is 37.5 Å². The molecule has 0 saturated heterocycles. The molecule has 0 atom stereocenters. The molecule has 0 fully saturated rings. The third kappa shape index (κ3) is 11.3. The average Bonchev–Trinajstić information content (AvgIpc) is 2.95. The van der Waals surface area contributed by atoms with E-state index in [0.29, 0.717) is 40.6 Å². The summed E-state index contributed by atoms with van der Waals surface area (Å²) >= 11 is 0. The van der Waals surface area contributed by atoms with Crippen molar-refractivity contribution >= 4 is 36.0 Å². The van der Waals surface area contributed by atoms with Crippen molar-refractivity contribution in [2.45, 2.75) is 53.4 Å². The van der Waals surface area contributed by atoms with Gasteiger partial charge in [-0.2, -0.15) is 0 Å². The highest BCUT2D eigenvalue weighted by Gasteiger charge is 2.16. The first-order valence-electron chi connectivity index (χ1n) is 14.2. The number of amides is 1. The Labute approximate surface area is 249 Å².